The molecule has 3 N–H and O–H groups in total. The number of nitrogens with zero attached hydrogens (tertiary/aromatic N) is 4. The van der Waals surface area contributed by atoms with E-state index in [-0.39, 0.29) is 11.8 Å². The number of unbranched alkanes of at least 4 members (excludes halogenated alkanes) is 1. The van der Waals surface area contributed by atoms with Crippen molar-refractivity contribution < 1.29 is 9.59 Å². The molecular formula is C30H39N7O2. The third kappa shape index (κ3) is 10.9. The van der Waals surface area contributed by atoms with Gasteiger partial charge in [0.05, 0.1) is 22.9 Å². The van der Waals surface area contributed by atoms with Crippen LogP contribution >= 0.6 is 0 Å². The van der Waals surface area contributed by atoms with Gasteiger partial charge in [0, 0.05) is 57.1 Å². The SMILES string of the molecule is CCCNc1cc(Nc2ccc(C#N)cc2)ncc1C#CCCCNC(=O)C(C)N(C)C(=O)/C=C/CN(C)C. The number of hydrogen-bond acceptors (Lipinski definition) is 7. The molecule has 1 aromatic carbocycles. The minimum absolute atomic E-state index is 0.194. The average Bonchev–Trinajstić information content (AvgIpc) is 2.93. The van der Waals surface area contributed by atoms with Crippen LogP contribution in [0, 0.1) is 23.2 Å². The Morgan fingerprint density at radius 1 is 1.15 bits per heavy atom. The van der Waals surface area contributed by atoms with Gasteiger partial charge >= 0.3 is 0 Å². The van der Waals surface area contributed by atoms with Gasteiger partial charge in [-0.2, -0.15) is 5.26 Å². The summed E-state index contributed by atoms with van der Waals surface area (Å²) in [6.45, 7) is 5.75. The Kier molecular flexibility index (Phi) is 13.1. The molecular weight excluding hydrogens is 490 g/mol. The maximum Gasteiger partial charge on any atom is 0.246 e. The van der Waals surface area contributed by atoms with Crippen LogP contribution in [0.2, 0.25) is 0 Å². The number of likely N-dealkylation sites (N-methyl/N-ethyl adjacent to an activating group) is 2. The fourth-order valence-corrected chi connectivity index (χ4v) is 3.35. The summed E-state index contributed by atoms with van der Waals surface area (Å²) in [5.74, 6) is 6.63. The average molecular weight is 530 g/mol. The van der Waals surface area contributed by atoms with Gasteiger partial charge in [0.2, 0.25) is 11.8 Å². The lowest BCUT2D eigenvalue weighted by molar-refractivity contribution is -0.135. The van der Waals surface area contributed by atoms with Crippen LogP contribution in [0.4, 0.5) is 17.2 Å². The molecule has 0 aliphatic heterocycles. The predicted molar refractivity (Wildman–Crippen MR) is 157 cm³/mol. The molecule has 9 nitrogen and oxygen atoms in total. The first-order valence-corrected chi connectivity index (χ1v) is 13.1. The Hall–Kier alpha value is -4.34. The summed E-state index contributed by atoms with van der Waals surface area (Å²) in [4.78, 5) is 32.6. The second-order valence-corrected chi connectivity index (χ2v) is 9.34. The van der Waals surface area contributed by atoms with E-state index in [4.69, 9.17) is 5.26 Å². The third-order valence-electron chi connectivity index (χ3n) is 5.80. The highest BCUT2D eigenvalue weighted by Gasteiger charge is 2.20. The molecule has 1 atom stereocenters. The van der Waals surface area contributed by atoms with Crippen molar-refractivity contribution in [1.82, 2.24) is 20.1 Å². The van der Waals surface area contributed by atoms with Crippen molar-refractivity contribution in [3.63, 3.8) is 0 Å². The third-order valence-corrected chi connectivity index (χ3v) is 5.80. The van der Waals surface area contributed by atoms with Crippen LogP contribution in [-0.4, -0.2) is 73.4 Å². The van der Waals surface area contributed by atoms with E-state index in [9.17, 15) is 9.59 Å². The Labute approximate surface area is 232 Å². The predicted octanol–water partition coefficient (Wildman–Crippen LogP) is 3.73. The van der Waals surface area contributed by atoms with E-state index in [2.05, 4.69) is 45.8 Å². The molecule has 2 amide bonds. The Bertz CT molecular complexity index is 1220. The summed E-state index contributed by atoms with van der Waals surface area (Å²) in [6, 6.07) is 10.7. The van der Waals surface area contributed by atoms with Gasteiger partial charge in [-0.05, 0) is 58.1 Å². The zero-order chi connectivity index (χ0) is 28.6. The Morgan fingerprint density at radius 2 is 1.90 bits per heavy atom. The van der Waals surface area contributed by atoms with Crippen molar-refractivity contribution in [1.29, 1.82) is 5.26 Å². The van der Waals surface area contributed by atoms with Crippen LogP contribution in [0.5, 0.6) is 0 Å². The Balaban J connectivity index is 1.88. The first kappa shape index (κ1) is 30.9. The molecule has 0 bridgehead atoms. The lowest BCUT2D eigenvalue weighted by Crippen LogP contribution is -2.45. The molecule has 0 saturated carbocycles. The van der Waals surface area contributed by atoms with Crippen molar-refractivity contribution in [2.45, 2.75) is 39.2 Å². The first-order chi connectivity index (χ1) is 18.7. The van der Waals surface area contributed by atoms with Crippen molar-refractivity contribution in [2.24, 2.45) is 0 Å². The highest BCUT2D eigenvalue weighted by atomic mass is 16.2. The second-order valence-electron chi connectivity index (χ2n) is 9.34. The lowest BCUT2D eigenvalue weighted by atomic mass is 10.2. The number of nitrogens with one attached hydrogen (secondary N) is 3. The quantitative estimate of drug-likeness (QED) is 0.206. The van der Waals surface area contributed by atoms with Gasteiger partial charge in [-0.25, -0.2) is 4.98 Å². The molecule has 2 aromatic rings. The molecule has 39 heavy (non-hydrogen) atoms. The maximum atomic E-state index is 12.5. The summed E-state index contributed by atoms with van der Waals surface area (Å²) >= 11 is 0. The molecule has 1 unspecified atom stereocenters. The van der Waals surface area contributed by atoms with E-state index in [0.717, 1.165) is 29.9 Å². The van der Waals surface area contributed by atoms with Crippen LogP contribution in [0.25, 0.3) is 0 Å². The smallest absolute Gasteiger partial charge is 0.246 e. The number of hydrogen-bond donors (Lipinski definition) is 3. The minimum atomic E-state index is -0.567. The summed E-state index contributed by atoms with van der Waals surface area (Å²) in [5.41, 5.74) is 3.14. The molecule has 0 aliphatic carbocycles. The number of carbonyl (C=O) groups is 2. The van der Waals surface area contributed by atoms with Crippen molar-refractivity contribution >= 4 is 29.0 Å². The summed E-state index contributed by atoms with van der Waals surface area (Å²) in [6.07, 6.45) is 7.28. The van der Waals surface area contributed by atoms with Gasteiger partial charge in [-0.1, -0.05) is 24.8 Å². The molecule has 0 fully saturated rings. The number of nitriles is 1. The molecule has 1 aromatic heterocycles. The minimum Gasteiger partial charge on any atom is -0.384 e. The van der Waals surface area contributed by atoms with Gasteiger partial charge in [0.25, 0.3) is 0 Å². The van der Waals surface area contributed by atoms with Crippen molar-refractivity contribution in [2.75, 3.05) is 51.4 Å². The lowest BCUT2D eigenvalue weighted by Gasteiger charge is -2.23. The van der Waals surface area contributed by atoms with Gasteiger partial charge in [0.1, 0.15) is 11.9 Å². The first-order valence-electron chi connectivity index (χ1n) is 13.1. The number of aromatic nitrogens is 1. The maximum absolute atomic E-state index is 12.5. The molecule has 0 spiro atoms. The fraction of sp³-hybridized carbons (Fsp3) is 0.400. The number of amides is 2. The summed E-state index contributed by atoms with van der Waals surface area (Å²) < 4.78 is 0. The Morgan fingerprint density at radius 3 is 2.56 bits per heavy atom. The van der Waals surface area contributed by atoms with Gasteiger partial charge in [0.15, 0.2) is 0 Å². The van der Waals surface area contributed by atoms with E-state index >= 15 is 0 Å². The van der Waals surface area contributed by atoms with Crippen LogP contribution in [0.15, 0.2) is 48.7 Å². The van der Waals surface area contributed by atoms with Gasteiger partial charge in [-0.3, -0.25) is 9.59 Å². The number of rotatable bonds is 13. The van der Waals surface area contributed by atoms with E-state index < -0.39 is 6.04 Å². The fourth-order valence-electron chi connectivity index (χ4n) is 3.35. The number of benzene rings is 1. The zero-order valence-corrected chi connectivity index (χ0v) is 23.5. The molecule has 2 rings (SSSR count). The van der Waals surface area contributed by atoms with E-state index in [0.29, 0.717) is 37.3 Å². The number of anilines is 3. The molecule has 0 saturated heterocycles. The van der Waals surface area contributed by atoms with Crippen LogP contribution in [-0.2, 0) is 9.59 Å². The molecule has 0 aliphatic rings. The van der Waals surface area contributed by atoms with Crippen LogP contribution < -0.4 is 16.0 Å². The standard InChI is InChI=1S/C30H39N7O2/c1-6-17-32-27-20-28(35-26-15-13-24(21-31)14-16-26)34-22-25(27)11-8-7-9-18-33-30(39)23(2)37(5)29(38)12-10-19-36(3)4/h10,12-16,20,22-23H,6-7,9,17-19H2,1-5H3,(H,33,39)(H2,32,34,35)/b12-10+. The largest absolute Gasteiger partial charge is 0.384 e. The zero-order valence-electron chi connectivity index (χ0n) is 23.5. The molecule has 9 heteroatoms. The van der Waals surface area contributed by atoms with Gasteiger partial charge < -0.3 is 25.8 Å². The highest BCUT2D eigenvalue weighted by molar-refractivity contribution is 5.92. The van der Waals surface area contributed by atoms with E-state index in [1.165, 1.54) is 11.0 Å². The second kappa shape index (κ2) is 16.5. The highest BCUT2D eigenvalue weighted by Crippen LogP contribution is 2.21. The van der Waals surface area contributed by atoms with Gasteiger partial charge in [-0.15, -0.1) is 0 Å². The topological polar surface area (TPSA) is 113 Å². The van der Waals surface area contributed by atoms with Crippen LogP contribution in [0.3, 0.4) is 0 Å². The molecule has 1 heterocycles. The van der Waals surface area contributed by atoms with Crippen molar-refractivity contribution in [3.8, 4) is 17.9 Å². The molecule has 206 valence electrons. The molecule has 0 radical (unpaired) electrons. The normalized spacial score (nSPS) is 11.3. The summed E-state index contributed by atoms with van der Waals surface area (Å²) in [7, 11) is 5.47. The van der Waals surface area contributed by atoms with Crippen molar-refractivity contribution in [3.05, 3.63) is 59.8 Å². The van der Waals surface area contributed by atoms with Crippen LogP contribution in [0.1, 0.15) is 44.2 Å². The number of carbonyl (C=O) groups excluding carboxylic acids is 2. The van der Waals surface area contributed by atoms with E-state index in [1.807, 2.05) is 37.2 Å². The van der Waals surface area contributed by atoms with E-state index in [1.54, 1.807) is 38.4 Å². The number of pyridine rings is 1. The monoisotopic (exact) mass is 529 g/mol. The summed E-state index contributed by atoms with van der Waals surface area (Å²) in [5, 5.41) is 18.5.